The number of rotatable bonds is 8. The van der Waals surface area contributed by atoms with Crippen molar-refractivity contribution >= 4 is 15.7 Å². The van der Waals surface area contributed by atoms with Gasteiger partial charge >= 0.3 is 0 Å². The fraction of sp³-hybridized carbons (Fsp3) is 0.208. The maximum Gasteiger partial charge on any atom is 0.240 e. The monoisotopic (exact) mass is 420 g/mol. The second-order valence-corrected chi connectivity index (χ2v) is 9.11. The molecule has 0 saturated heterocycles. The summed E-state index contributed by atoms with van der Waals surface area (Å²) in [6, 6.07) is 27.9. The highest BCUT2D eigenvalue weighted by atomic mass is 32.2. The van der Waals surface area contributed by atoms with E-state index in [1.165, 1.54) is 0 Å². The normalized spacial score (nSPS) is 17.2. The van der Waals surface area contributed by atoms with Crippen molar-refractivity contribution in [2.45, 2.75) is 36.3 Å². The Balaban J connectivity index is 1.51. The zero-order valence-electron chi connectivity index (χ0n) is 16.5. The van der Waals surface area contributed by atoms with Crippen molar-refractivity contribution in [3.05, 3.63) is 102 Å². The summed E-state index contributed by atoms with van der Waals surface area (Å²) in [7, 11) is -3.67. The number of sulfonamides is 1. The molecule has 3 aromatic rings. The smallest absolute Gasteiger partial charge is 0.240 e. The molecule has 0 fully saturated rings. The maximum absolute atomic E-state index is 13.0. The lowest BCUT2D eigenvalue weighted by atomic mass is 9.97. The van der Waals surface area contributed by atoms with Gasteiger partial charge in [-0.25, -0.2) is 13.1 Å². The van der Waals surface area contributed by atoms with Crippen LogP contribution in [0.3, 0.4) is 0 Å². The van der Waals surface area contributed by atoms with Crippen LogP contribution in [-0.2, 0) is 27.7 Å². The SMILES string of the molecule is O=S(=O)(NC(Cc1ccccc1)C1CC(Cc2ccccc2)=NO1)c1ccccc1. The summed E-state index contributed by atoms with van der Waals surface area (Å²) in [6.45, 7) is 0. The quantitative estimate of drug-likeness (QED) is 0.600. The van der Waals surface area contributed by atoms with E-state index in [2.05, 4.69) is 22.0 Å². The van der Waals surface area contributed by atoms with Gasteiger partial charge in [-0.05, 0) is 29.7 Å². The maximum atomic E-state index is 13.0. The van der Waals surface area contributed by atoms with Crippen molar-refractivity contribution in [1.29, 1.82) is 0 Å². The highest BCUT2D eigenvalue weighted by molar-refractivity contribution is 7.89. The molecule has 0 bridgehead atoms. The summed E-state index contributed by atoms with van der Waals surface area (Å²) in [6.07, 6.45) is 1.44. The minimum absolute atomic E-state index is 0.242. The van der Waals surface area contributed by atoms with E-state index in [4.69, 9.17) is 4.84 Å². The van der Waals surface area contributed by atoms with Crippen LogP contribution in [0.15, 0.2) is 101 Å². The second kappa shape index (κ2) is 9.24. The second-order valence-electron chi connectivity index (χ2n) is 7.40. The van der Waals surface area contributed by atoms with Crippen LogP contribution in [0, 0.1) is 0 Å². The standard InChI is InChI=1S/C24H24N2O3S/c27-30(28,22-14-8-3-9-15-22)26-23(17-20-12-6-2-7-13-20)24-18-21(25-29-24)16-19-10-4-1-5-11-19/h1-15,23-24,26H,16-18H2. The minimum Gasteiger partial charge on any atom is -0.390 e. The Morgan fingerprint density at radius 2 is 1.43 bits per heavy atom. The molecule has 0 saturated carbocycles. The van der Waals surface area contributed by atoms with Gasteiger partial charge in [0.05, 0.1) is 16.6 Å². The number of benzene rings is 3. The largest absolute Gasteiger partial charge is 0.390 e. The Hall–Kier alpha value is -2.96. The zero-order chi connectivity index (χ0) is 20.8. The third-order valence-electron chi connectivity index (χ3n) is 5.11. The highest BCUT2D eigenvalue weighted by Crippen LogP contribution is 2.21. The highest BCUT2D eigenvalue weighted by Gasteiger charge is 2.33. The van der Waals surface area contributed by atoms with Gasteiger partial charge in [-0.15, -0.1) is 0 Å². The molecule has 1 aliphatic rings. The summed E-state index contributed by atoms with van der Waals surface area (Å²) in [5, 5.41) is 4.26. The van der Waals surface area contributed by atoms with E-state index in [1.54, 1.807) is 30.3 Å². The molecule has 0 amide bonds. The van der Waals surface area contributed by atoms with Gasteiger partial charge in [0, 0.05) is 12.8 Å². The van der Waals surface area contributed by atoms with Crippen molar-refractivity contribution in [3.8, 4) is 0 Å². The van der Waals surface area contributed by atoms with Crippen LogP contribution in [0.4, 0.5) is 0 Å². The molecule has 30 heavy (non-hydrogen) atoms. The predicted molar refractivity (Wildman–Crippen MR) is 118 cm³/mol. The summed E-state index contributed by atoms with van der Waals surface area (Å²) >= 11 is 0. The van der Waals surface area contributed by atoms with Gasteiger partial charge in [0.1, 0.15) is 6.10 Å². The van der Waals surface area contributed by atoms with Crippen LogP contribution in [0.25, 0.3) is 0 Å². The summed E-state index contributed by atoms with van der Waals surface area (Å²) in [4.78, 5) is 5.96. The Labute approximate surface area is 177 Å². The van der Waals surface area contributed by atoms with Gasteiger partial charge in [-0.1, -0.05) is 84.0 Å². The van der Waals surface area contributed by atoms with Crippen LogP contribution in [-0.4, -0.2) is 26.3 Å². The molecule has 3 aromatic carbocycles. The zero-order valence-corrected chi connectivity index (χ0v) is 17.3. The van der Waals surface area contributed by atoms with E-state index in [0.717, 1.165) is 16.8 Å². The average Bonchev–Trinajstić information content (AvgIpc) is 3.24. The van der Waals surface area contributed by atoms with Gasteiger partial charge in [-0.2, -0.15) is 0 Å². The number of nitrogens with zero attached hydrogens (tertiary/aromatic N) is 1. The van der Waals surface area contributed by atoms with E-state index >= 15 is 0 Å². The first-order chi connectivity index (χ1) is 14.6. The van der Waals surface area contributed by atoms with E-state index in [9.17, 15) is 8.42 Å². The molecule has 0 spiro atoms. The molecular weight excluding hydrogens is 396 g/mol. The first kappa shape index (κ1) is 20.3. The summed E-state index contributed by atoms with van der Waals surface area (Å²) < 4.78 is 28.8. The third-order valence-corrected chi connectivity index (χ3v) is 6.62. The van der Waals surface area contributed by atoms with Crippen molar-refractivity contribution < 1.29 is 13.3 Å². The summed E-state index contributed by atoms with van der Waals surface area (Å²) in [5.41, 5.74) is 3.12. The number of oxime groups is 1. The Morgan fingerprint density at radius 3 is 2.07 bits per heavy atom. The van der Waals surface area contributed by atoms with Gasteiger partial charge < -0.3 is 4.84 Å². The molecule has 0 aliphatic carbocycles. The first-order valence-corrected chi connectivity index (χ1v) is 11.5. The van der Waals surface area contributed by atoms with Gasteiger partial charge in [0.25, 0.3) is 0 Å². The van der Waals surface area contributed by atoms with E-state index in [0.29, 0.717) is 19.3 Å². The molecule has 154 valence electrons. The van der Waals surface area contributed by atoms with E-state index in [1.807, 2.05) is 48.5 Å². The van der Waals surface area contributed by atoms with Crippen molar-refractivity contribution in [3.63, 3.8) is 0 Å². The Bertz CT molecular complexity index is 1090. The van der Waals surface area contributed by atoms with Crippen LogP contribution in [0.2, 0.25) is 0 Å². The molecular formula is C24H24N2O3S. The lowest BCUT2D eigenvalue weighted by Gasteiger charge is -2.23. The molecule has 0 radical (unpaired) electrons. The summed E-state index contributed by atoms with van der Waals surface area (Å²) in [5.74, 6) is 0. The molecule has 1 aliphatic heterocycles. The number of hydrogen-bond donors (Lipinski definition) is 1. The number of hydrogen-bond acceptors (Lipinski definition) is 4. The fourth-order valence-corrected chi connectivity index (χ4v) is 4.87. The van der Waals surface area contributed by atoms with Crippen LogP contribution in [0.5, 0.6) is 0 Å². The minimum atomic E-state index is -3.67. The topological polar surface area (TPSA) is 67.8 Å². The van der Waals surface area contributed by atoms with Gasteiger partial charge in [0.15, 0.2) is 0 Å². The van der Waals surface area contributed by atoms with Crippen molar-refractivity contribution in [1.82, 2.24) is 4.72 Å². The first-order valence-electron chi connectivity index (χ1n) is 9.97. The molecule has 0 aromatic heterocycles. The van der Waals surface area contributed by atoms with Crippen molar-refractivity contribution in [2.24, 2.45) is 5.16 Å². The molecule has 4 rings (SSSR count). The van der Waals surface area contributed by atoms with E-state index < -0.39 is 16.1 Å². The Morgan fingerprint density at radius 1 is 0.867 bits per heavy atom. The third kappa shape index (κ3) is 5.14. The number of nitrogens with one attached hydrogen (secondary N) is 1. The molecule has 5 nitrogen and oxygen atoms in total. The molecule has 6 heteroatoms. The molecule has 1 N–H and O–H groups in total. The van der Waals surface area contributed by atoms with E-state index in [-0.39, 0.29) is 11.0 Å². The van der Waals surface area contributed by atoms with Crippen molar-refractivity contribution in [2.75, 3.05) is 0 Å². The lowest BCUT2D eigenvalue weighted by Crippen LogP contribution is -2.45. The Kier molecular flexibility index (Phi) is 6.26. The van der Waals surface area contributed by atoms with Gasteiger partial charge in [-0.3, -0.25) is 0 Å². The molecule has 2 unspecified atom stereocenters. The van der Waals surface area contributed by atoms with Crippen LogP contribution in [0.1, 0.15) is 17.5 Å². The fourth-order valence-electron chi connectivity index (χ4n) is 3.58. The van der Waals surface area contributed by atoms with Crippen LogP contribution < -0.4 is 4.72 Å². The van der Waals surface area contributed by atoms with Gasteiger partial charge in [0.2, 0.25) is 10.0 Å². The molecule has 2 atom stereocenters. The van der Waals surface area contributed by atoms with Crippen LogP contribution >= 0.6 is 0 Å². The predicted octanol–water partition coefficient (Wildman–Crippen LogP) is 3.96. The molecule has 1 heterocycles. The lowest BCUT2D eigenvalue weighted by molar-refractivity contribution is 0.0615. The average molecular weight is 421 g/mol.